The molecular weight excluding hydrogens is 312 g/mol. The maximum atomic E-state index is 11.9. The minimum Gasteiger partial charge on any atom is -0.467 e. The van der Waals surface area contributed by atoms with Gasteiger partial charge in [0.25, 0.3) is 5.91 Å². The van der Waals surface area contributed by atoms with Gasteiger partial charge in [0.05, 0.1) is 18.4 Å². The van der Waals surface area contributed by atoms with Crippen LogP contribution >= 0.6 is 15.9 Å². The molecule has 0 fully saturated rings. The van der Waals surface area contributed by atoms with Gasteiger partial charge < -0.3 is 14.5 Å². The van der Waals surface area contributed by atoms with Crippen molar-refractivity contribution in [3.05, 3.63) is 52.7 Å². The third kappa shape index (κ3) is 3.65. The highest BCUT2D eigenvalue weighted by atomic mass is 79.9. The van der Waals surface area contributed by atoms with E-state index in [2.05, 4.69) is 26.2 Å². The molecule has 1 amide bonds. The van der Waals surface area contributed by atoms with E-state index in [-0.39, 0.29) is 12.0 Å². The third-order valence-electron chi connectivity index (χ3n) is 2.56. The molecule has 5 nitrogen and oxygen atoms in total. The minimum absolute atomic E-state index is 0.206. The molecule has 2 rings (SSSR count). The molecule has 0 unspecified atom stereocenters. The van der Waals surface area contributed by atoms with Crippen molar-refractivity contribution < 1.29 is 13.9 Å². The summed E-state index contributed by atoms with van der Waals surface area (Å²) in [6, 6.07) is 5.29. The van der Waals surface area contributed by atoms with E-state index in [1.807, 2.05) is 0 Å². The van der Waals surface area contributed by atoms with E-state index < -0.39 is 0 Å². The molecule has 0 bridgehead atoms. The van der Waals surface area contributed by atoms with Crippen LogP contribution < -0.4 is 5.32 Å². The topological polar surface area (TPSA) is 64.4 Å². The van der Waals surface area contributed by atoms with Crippen molar-refractivity contribution in [1.29, 1.82) is 0 Å². The summed E-state index contributed by atoms with van der Waals surface area (Å²) in [6.45, 7) is 0.329. The fourth-order valence-electron chi connectivity index (χ4n) is 1.60. The Morgan fingerprint density at radius 1 is 1.58 bits per heavy atom. The van der Waals surface area contributed by atoms with E-state index in [0.29, 0.717) is 17.9 Å². The molecule has 0 radical (unpaired) electrons. The molecule has 2 heterocycles. The zero-order valence-electron chi connectivity index (χ0n) is 10.3. The number of rotatable bonds is 5. The molecule has 1 atom stereocenters. The van der Waals surface area contributed by atoms with Crippen LogP contribution in [0.25, 0.3) is 0 Å². The predicted octanol–water partition coefficient (Wildman–Crippen LogP) is 2.55. The zero-order chi connectivity index (χ0) is 13.7. The second-order valence-corrected chi connectivity index (χ2v) is 4.76. The Labute approximate surface area is 119 Å². The lowest BCUT2D eigenvalue weighted by Crippen LogP contribution is -2.29. The Kier molecular flexibility index (Phi) is 4.70. The Morgan fingerprint density at radius 3 is 3.05 bits per heavy atom. The summed E-state index contributed by atoms with van der Waals surface area (Å²) >= 11 is 3.27. The minimum atomic E-state index is -0.306. The van der Waals surface area contributed by atoms with E-state index in [1.54, 1.807) is 37.8 Å². The standard InChI is InChI=1S/C13H13BrN2O3/c1-18-12(11-3-2-4-19-11)8-16-13(17)9-5-10(14)7-15-6-9/h2-7,12H,8H2,1H3,(H,16,17)/t12-/m0/s1. The maximum Gasteiger partial charge on any atom is 0.252 e. The summed E-state index contributed by atoms with van der Waals surface area (Å²) in [7, 11) is 1.57. The molecule has 100 valence electrons. The highest BCUT2D eigenvalue weighted by Crippen LogP contribution is 2.16. The van der Waals surface area contributed by atoms with Crippen molar-refractivity contribution >= 4 is 21.8 Å². The smallest absolute Gasteiger partial charge is 0.252 e. The Morgan fingerprint density at radius 2 is 2.42 bits per heavy atom. The van der Waals surface area contributed by atoms with Crippen LogP contribution in [0.4, 0.5) is 0 Å². The van der Waals surface area contributed by atoms with Crippen LogP contribution in [0.2, 0.25) is 0 Å². The summed E-state index contributed by atoms with van der Waals surface area (Å²) in [4.78, 5) is 15.9. The van der Waals surface area contributed by atoms with Crippen molar-refractivity contribution in [3.63, 3.8) is 0 Å². The SMILES string of the molecule is CO[C@@H](CNC(=O)c1cncc(Br)c1)c1ccco1. The van der Waals surface area contributed by atoms with Gasteiger partial charge in [-0.1, -0.05) is 0 Å². The fraction of sp³-hybridized carbons (Fsp3) is 0.231. The maximum absolute atomic E-state index is 11.9. The van der Waals surface area contributed by atoms with Gasteiger partial charge in [-0.05, 0) is 34.1 Å². The largest absolute Gasteiger partial charge is 0.467 e. The van der Waals surface area contributed by atoms with Crippen LogP contribution in [0, 0.1) is 0 Å². The lowest BCUT2D eigenvalue weighted by atomic mass is 10.2. The molecule has 0 saturated heterocycles. The number of hydrogen-bond acceptors (Lipinski definition) is 4. The number of pyridine rings is 1. The summed E-state index contributed by atoms with van der Waals surface area (Å²) < 4.78 is 11.3. The second kappa shape index (κ2) is 6.49. The van der Waals surface area contributed by atoms with Gasteiger partial charge in [0, 0.05) is 24.0 Å². The number of ether oxygens (including phenoxy) is 1. The summed E-state index contributed by atoms with van der Waals surface area (Å²) in [6.07, 6.45) is 4.40. The number of methoxy groups -OCH3 is 1. The summed E-state index contributed by atoms with van der Waals surface area (Å²) in [5.74, 6) is 0.470. The number of hydrogen-bond donors (Lipinski definition) is 1. The van der Waals surface area contributed by atoms with Crippen LogP contribution in [0.15, 0.2) is 45.7 Å². The molecule has 0 aromatic carbocycles. The number of nitrogens with zero attached hydrogens (tertiary/aromatic N) is 1. The lowest BCUT2D eigenvalue weighted by molar-refractivity contribution is 0.0738. The molecule has 2 aromatic rings. The average Bonchev–Trinajstić information content (AvgIpc) is 2.93. The normalized spacial score (nSPS) is 12.1. The van der Waals surface area contributed by atoms with Crippen molar-refractivity contribution in [2.45, 2.75) is 6.10 Å². The molecule has 0 aliphatic rings. The van der Waals surface area contributed by atoms with Gasteiger partial charge in [-0.15, -0.1) is 0 Å². The molecule has 0 aliphatic carbocycles. The van der Waals surface area contributed by atoms with Gasteiger partial charge in [0.15, 0.2) is 0 Å². The van der Waals surface area contributed by atoms with E-state index in [4.69, 9.17) is 9.15 Å². The van der Waals surface area contributed by atoms with Gasteiger partial charge in [0.1, 0.15) is 11.9 Å². The molecule has 1 N–H and O–H groups in total. The van der Waals surface area contributed by atoms with Gasteiger partial charge in [-0.3, -0.25) is 9.78 Å². The molecule has 6 heteroatoms. The third-order valence-corrected chi connectivity index (χ3v) is 2.99. The first-order chi connectivity index (χ1) is 9.20. The molecule has 2 aromatic heterocycles. The van der Waals surface area contributed by atoms with Crippen molar-refractivity contribution in [2.24, 2.45) is 0 Å². The van der Waals surface area contributed by atoms with E-state index >= 15 is 0 Å². The van der Waals surface area contributed by atoms with E-state index in [1.165, 1.54) is 6.20 Å². The number of aromatic nitrogens is 1. The zero-order valence-corrected chi connectivity index (χ0v) is 11.9. The first-order valence-electron chi connectivity index (χ1n) is 5.65. The van der Waals surface area contributed by atoms with Gasteiger partial charge >= 0.3 is 0 Å². The van der Waals surface area contributed by atoms with Crippen LogP contribution in [0.1, 0.15) is 22.2 Å². The van der Waals surface area contributed by atoms with Gasteiger partial charge in [-0.2, -0.15) is 0 Å². The number of halogens is 1. The monoisotopic (exact) mass is 324 g/mol. The van der Waals surface area contributed by atoms with Crippen LogP contribution in [-0.4, -0.2) is 24.5 Å². The summed E-state index contributed by atoms with van der Waals surface area (Å²) in [5, 5.41) is 2.78. The highest BCUT2D eigenvalue weighted by Gasteiger charge is 2.15. The molecule has 19 heavy (non-hydrogen) atoms. The van der Waals surface area contributed by atoms with Crippen LogP contribution in [0.5, 0.6) is 0 Å². The van der Waals surface area contributed by atoms with Crippen LogP contribution in [0.3, 0.4) is 0 Å². The summed E-state index contributed by atoms with van der Waals surface area (Å²) in [5.41, 5.74) is 0.490. The predicted molar refractivity (Wildman–Crippen MR) is 72.7 cm³/mol. The van der Waals surface area contributed by atoms with Gasteiger partial charge in [0.2, 0.25) is 0 Å². The lowest BCUT2D eigenvalue weighted by Gasteiger charge is -2.13. The molecule has 0 aliphatic heterocycles. The van der Waals surface area contributed by atoms with Gasteiger partial charge in [-0.25, -0.2) is 0 Å². The number of furan rings is 1. The van der Waals surface area contributed by atoms with E-state index in [9.17, 15) is 4.79 Å². The fourth-order valence-corrected chi connectivity index (χ4v) is 1.96. The second-order valence-electron chi connectivity index (χ2n) is 3.84. The number of nitrogens with one attached hydrogen (secondary N) is 1. The molecular formula is C13H13BrN2O3. The molecule has 0 saturated carbocycles. The first-order valence-corrected chi connectivity index (χ1v) is 6.45. The van der Waals surface area contributed by atoms with Crippen molar-refractivity contribution in [2.75, 3.05) is 13.7 Å². The Balaban J connectivity index is 1.96. The first kappa shape index (κ1) is 13.8. The Bertz CT molecular complexity index is 543. The quantitative estimate of drug-likeness (QED) is 0.918. The average molecular weight is 325 g/mol. The van der Waals surface area contributed by atoms with Crippen molar-refractivity contribution in [1.82, 2.24) is 10.3 Å². The number of amides is 1. The van der Waals surface area contributed by atoms with Crippen LogP contribution in [-0.2, 0) is 4.74 Å². The van der Waals surface area contributed by atoms with Crippen molar-refractivity contribution in [3.8, 4) is 0 Å². The Hall–Kier alpha value is -1.66. The van der Waals surface area contributed by atoms with E-state index in [0.717, 1.165) is 4.47 Å². The number of carbonyl (C=O) groups is 1. The molecule has 0 spiro atoms. The highest BCUT2D eigenvalue weighted by molar-refractivity contribution is 9.10. The number of carbonyl (C=O) groups excluding carboxylic acids is 1.